The zero-order valence-corrected chi connectivity index (χ0v) is 13.8. The molecule has 1 aliphatic rings. The maximum absolute atomic E-state index is 13.3. The van der Waals surface area contributed by atoms with Crippen LogP contribution in [0.25, 0.3) is 0 Å². The SMILES string of the molecule is O=C(CCCn1cncn1)N[C@@H]1COCC[C@@H]1Oc1cccc(F)c1. The van der Waals surface area contributed by atoms with E-state index in [-0.39, 0.29) is 23.9 Å². The minimum absolute atomic E-state index is 0.0662. The van der Waals surface area contributed by atoms with E-state index >= 15 is 0 Å². The van der Waals surface area contributed by atoms with Gasteiger partial charge >= 0.3 is 0 Å². The van der Waals surface area contributed by atoms with E-state index in [0.29, 0.717) is 44.8 Å². The lowest BCUT2D eigenvalue weighted by molar-refractivity contribution is -0.124. The van der Waals surface area contributed by atoms with E-state index in [1.54, 1.807) is 23.1 Å². The quantitative estimate of drug-likeness (QED) is 0.821. The zero-order valence-electron chi connectivity index (χ0n) is 13.8. The first-order chi connectivity index (χ1) is 12.2. The van der Waals surface area contributed by atoms with Crippen molar-refractivity contribution in [2.24, 2.45) is 0 Å². The molecule has 1 amide bonds. The number of nitrogens with zero attached hydrogens (tertiary/aromatic N) is 3. The summed E-state index contributed by atoms with van der Waals surface area (Å²) in [4.78, 5) is 16.0. The van der Waals surface area contributed by atoms with Crippen LogP contribution in [0.5, 0.6) is 5.75 Å². The van der Waals surface area contributed by atoms with Crippen LogP contribution in [0.15, 0.2) is 36.9 Å². The highest BCUT2D eigenvalue weighted by Crippen LogP contribution is 2.19. The molecule has 0 unspecified atom stereocenters. The monoisotopic (exact) mass is 348 g/mol. The second kappa shape index (κ2) is 8.57. The maximum atomic E-state index is 13.3. The summed E-state index contributed by atoms with van der Waals surface area (Å²) in [6, 6.07) is 5.76. The lowest BCUT2D eigenvalue weighted by Crippen LogP contribution is -2.51. The van der Waals surface area contributed by atoms with Gasteiger partial charge in [-0.25, -0.2) is 9.37 Å². The predicted octanol–water partition coefficient (Wildman–Crippen LogP) is 1.55. The molecule has 134 valence electrons. The lowest BCUT2D eigenvalue weighted by atomic mass is 10.1. The number of nitrogens with one attached hydrogen (secondary N) is 1. The average molecular weight is 348 g/mol. The van der Waals surface area contributed by atoms with Crippen molar-refractivity contribution in [2.45, 2.75) is 38.0 Å². The molecule has 3 rings (SSSR count). The van der Waals surface area contributed by atoms with Gasteiger partial charge in [-0.05, 0) is 18.6 Å². The Hall–Kier alpha value is -2.48. The Balaban J connectivity index is 1.49. The van der Waals surface area contributed by atoms with Gasteiger partial charge in [0.1, 0.15) is 30.3 Å². The lowest BCUT2D eigenvalue weighted by Gasteiger charge is -2.32. The summed E-state index contributed by atoms with van der Waals surface area (Å²) in [5.41, 5.74) is 0. The molecule has 1 fully saturated rings. The molecule has 8 heteroatoms. The number of aryl methyl sites for hydroxylation is 1. The Kier molecular flexibility index (Phi) is 5.95. The first-order valence-electron chi connectivity index (χ1n) is 8.32. The largest absolute Gasteiger partial charge is 0.488 e. The fraction of sp³-hybridized carbons (Fsp3) is 0.471. The fourth-order valence-corrected chi connectivity index (χ4v) is 2.74. The molecule has 0 spiro atoms. The second-order valence-electron chi connectivity index (χ2n) is 5.91. The predicted molar refractivity (Wildman–Crippen MR) is 87.4 cm³/mol. The molecule has 25 heavy (non-hydrogen) atoms. The third-order valence-electron chi connectivity index (χ3n) is 3.98. The molecule has 7 nitrogen and oxygen atoms in total. The molecule has 0 bridgehead atoms. The maximum Gasteiger partial charge on any atom is 0.220 e. The van der Waals surface area contributed by atoms with Crippen molar-refractivity contribution in [1.29, 1.82) is 0 Å². The van der Waals surface area contributed by atoms with Crippen LogP contribution >= 0.6 is 0 Å². The van der Waals surface area contributed by atoms with E-state index in [1.165, 1.54) is 18.5 Å². The summed E-state index contributed by atoms with van der Waals surface area (Å²) in [5.74, 6) is 0.0408. The standard InChI is InChI=1S/C17H21FN4O3/c18-13-3-1-4-14(9-13)25-16-6-8-24-10-15(16)21-17(23)5-2-7-22-12-19-11-20-22/h1,3-4,9,11-12,15-16H,2,5-8,10H2,(H,21,23)/t15-,16+/m1/s1. The third kappa shape index (κ3) is 5.25. The number of benzene rings is 1. The Labute approximate surface area is 145 Å². The van der Waals surface area contributed by atoms with Crippen LogP contribution in [0.4, 0.5) is 4.39 Å². The molecule has 2 aromatic rings. The summed E-state index contributed by atoms with van der Waals surface area (Å²) >= 11 is 0. The van der Waals surface area contributed by atoms with Gasteiger partial charge in [-0.1, -0.05) is 6.07 Å². The average Bonchev–Trinajstić information content (AvgIpc) is 3.10. The van der Waals surface area contributed by atoms with E-state index in [9.17, 15) is 9.18 Å². The highest BCUT2D eigenvalue weighted by atomic mass is 19.1. The van der Waals surface area contributed by atoms with Crippen molar-refractivity contribution in [1.82, 2.24) is 20.1 Å². The summed E-state index contributed by atoms with van der Waals surface area (Å²) in [6.45, 7) is 1.57. The molecule has 0 saturated carbocycles. The van der Waals surface area contributed by atoms with Gasteiger partial charge in [0.2, 0.25) is 5.91 Å². The molecule has 2 heterocycles. The number of carbonyl (C=O) groups is 1. The van der Waals surface area contributed by atoms with Gasteiger partial charge in [0.25, 0.3) is 0 Å². The van der Waals surface area contributed by atoms with Gasteiger partial charge in [-0.15, -0.1) is 0 Å². The number of rotatable bonds is 7. The number of halogens is 1. The smallest absolute Gasteiger partial charge is 0.220 e. The molecular formula is C17H21FN4O3. The van der Waals surface area contributed by atoms with Crippen LogP contribution < -0.4 is 10.1 Å². The zero-order chi connectivity index (χ0) is 17.5. The van der Waals surface area contributed by atoms with Gasteiger partial charge in [-0.2, -0.15) is 5.10 Å². The number of aromatic nitrogens is 3. The summed E-state index contributed by atoms with van der Waals surface area (Å²) < 4.78 is 26.3. The van der Waals surface area contributed by atoms with Gasteiger partial charge < -0.3 is 14.8 Å². The Bertz CT molecular complexity index is 680. The van der Waals surface area contributed by atoms with Gasteiger partial charge in [-0.3, -0.25) is 9.48 Å². The summed E-state index contributed by atoms with van der Waals surface area (Å²) in [6.07, 6.45) is 4.53. The first kappa shape index (κ1) is 17.3. The highest BCUT2D eigenvalue weighted by molar-refractivity contribution is 5.76. The molecule has 1 aromatic carbocycles. The van der Waals surface area contributed by atoms with E-state index in [4.69, 9.17) is 9.47 Å². The molecule has 1 N–H and O–H groups in total. The molecule has 2 atom stereocenters. The number of hydrogen-bond donors (Lipinski definition) is 1. The van der Waals surface area contributed by atoms with E-state index < -0.39 is 0 Å². The Morgan fingerprint density at radius 2 is 2.40 bits per heavy atom. The van der Waals surface area contributed by atoms with E-state index in [2.05, 4.69) is 15.4 Å². The minimum atomic E-state index is -0.349. The van der Waals surface area contributed by atoms with E-state index in [0.717, 1.165) is 0 Å². The van der Waals surface area contributed by atoms with Crippen LogP contribution in [0.3, 0.4) is 0 Å². The fourth-order valence-electron chi connectivity index (χ4n) is 2.74. The Morgan fingerprint density at radius 3 is 3.20 bits per heavy atom. The van der Waals surface area contributed by atoms with Crippen molar-refractivity contribution in [3.63, 3.8) is 0 Å². The molecule has 0 aliphatic carbocycles. The number of carbonyl (C=O) groups excluding carboxylic acids is 1. The van der Waals surface area contributed by atoms with Gasteiger partial charge in [0.15, 0.2) is 0 Å². The second-order valence-corrected chi connectivity index (χ2v) is 5.91. The minimum Gasteiger partial charge on any atom is -0.488 e. The van der Waals surface area contributed by atoms with Crippen LogP contribution in [0, 0.1) is 5.82 Å². The molecule has 1 saturated heterocycles. The van der Waals surface area contributed by atoms with Gasteiger partial charge in [0.05, 0.1) is 19.3 Å². The topological polar surface area (TPSA) is 78.3 Å². The number of hydrogen-bond acceptors (Lipinski definition) is 5. The van der Waals surface area contributed by atoms with E-state index in [1.807, 2.05) is 0 Å². The normalized spacial score (nSPS) is 20.2. The van der Waals surface area contributed by atoms with Crippen LogP contribution in [-0.2, 0) is 16.1 Å². The molecular weight excluding hydrogens is 327 g/mol. The molecule has 0 radical (unpaired) electrons. The number of amides is 1. The van der Waals surface area contributed by atoms with Gasteiger partial charge in [0, 0.05) is 25.5 Å². The summed E-state index contributed by atoms with van der Waals surface area (Å²) in [7, 11) is 0. The number of ether oxygens (including phenoxy) is 2. The highest BCUT2D eigenvalue weighted by Gasteiger charge is 2.28. The van der Waals surface area contributed by atoms with Crippen molar-refractivity contribution in [3.8, 4) is 5.75 Å². The van der Waals surface area contributed by atoms with Crippen molar-refractivity contribution in [2.75, 3.05) is 13.2 Å². The van der Waals surface area contributed by atoms with Crippen molar-refractivity contribution in [3.05, 3.63) is 42.7 Å². The summed E-state index contributed by atoms with van der Waals surface area (Å²) in [5, 5.41) is 6.95. The van der Waals surface area contributed by atoms with Crippen molar-refractivity contribution < 1.29 is 18.7 Å². The van der Waals surface area contributed by atoms with Crippen LogP contribution in [0.2, 0.25) is 0 Å². The molecule has 1 aliphatic heterocycles. The Morgan fingerprint density at radius 1 is 1.48 bits per heavy atom. The van der Waals surface area contributed by atoms with Crippen LogP contribution in [-0.4, -0.2) is 46.0 Å². The van der Waals surface area contributed by atoms with Crippen molar-refractivity contribution >= 4 is 5.91 Å². The third-order valence-corrected chi connectivity index (χ3v) is 3.98. The van der Waals surface area contributed by atoms with Crippen LogP contribution in [0.1, 0.15) is 19.3 Å². The first-order valence-corrected chi connectivity index (χ1v) is 8.32. The molecule has 1 aromatic heterocycles.